The van der Waals surface area contributed by atoms with Crippen LogP contribution in [0, 0.1) is 12.1 Å². The first-order valence-corrected chi connectivity index (χ1v) is 6.09. The summed E-state index contributed by atoms with van der Waals surface area (Å²) in [5.41, 5.74) is 1.24. The highest BCUT2D eigenvalue weighted by Crippen LogP contribution is 2.25. The van der Waals surface area contributed by atoms with Crippen molar-refractivity contribution < 1.29 is 25.3 Å². The molecule has 8 nitrogen and oxygen atoms in total. The van der Waals surface area contributed by atoms with E-state index in [0.29, 0.717) is 5.69 Å². The normalized spacial score (nSPS) is 30.1. The van der Waals surface area contributed by atoms with E-state index in [9.17, 15) is 20.5 Å². The predicted molar refractivity (Wildman–Crippen MR) is 70.2 cm³/mol. The fourth-order valence-corrected chi connectivity index (χ4v) is 1.97. The maximum Gasteiger partial charge on any atom is 0.156 e. The predicted octanol–water partition coefficient (Wildman–Crippen LogP) is -0.461. The second kappa shape index (κ2) is 5.92. The van der Waals surface area contributed by atoms with Crippen molar-refractivity contribution in [3.63, 3.8) is 0 Å². The number of rotatable bonds is 3. The molecule has 0 bridgehead atoms. The van der Waals surface area contributed by atoms with Crippen LogP contribution in [0.3, 0.4) is 0 Å². The standard InChI is InChI=1S/C12H17N2O6/c1-6-2-3-7(14(18)19)4-8(6)13-12-11(17)10(16)9(15)5-20-12/h2-4,9-13,15-18H,5H2,1H3/q-1/t9-,10-,11+,12+/m1/s1. The molecule has 1 aromatic carbocycles. The van der Waals surface area contributed by atoms with Gasteiger partial charge < -0.3 is 35.8 Å². The molecule has 1 saturated heterocycles. The number of anilines is 2. The monoisotopic (exact) mass is 285 g/mol. The summed E-state index contributed by atoms with van der Waals surface area (Å²) in [5.74, 6) is 0. The van der Waals surface area contributed by atoms with Crippen molar-refractivity contribution in [1.29, 1.82) is 0 Å². The van der Waals surface area contributed by atoms with E-state index in [1.165, 1.54) is 12.1 Å². The Labute approximate surface area is 115 Å². The molecule has 1 aliphatic rings. The minimum Gasteiger partial charge on any atom is -0.733 e. The summed E-state index contributed by atoms with van der Waals surface area (Å²) in [6.07, 6.45) is -4.72. The van der Waals surface area contributed by atoms with Crippen molar-refractivity contribution in [1.82, 2.24) is 0 Å². The Morgan fingerprint density at radius 1 is 1.30 bits per heavy atom. The van der Waals surface area contributed by atoms with E-state index >= 15 is 0 Å². The molecule has 0 saturated carbocycles. The van der Waals surface area contributed by atoms with Crippen LogP contribution in [0.1, 0.15) is 5.56 Å². The highest BCUT2D eigenvalue weighted by atomic mass is 16.8. The number of aliphatic hydroxyl groups excluding tert-OH is 3. The number of aryl methyl sites for hydroxylation is 1. The molecule has 0 spiro atoms. The number of nitrogens with one attached hydrogen (secondary N) is 1. The molecule has 1 fully saturated rings. The van der Waals surface area contributed by atoms with Crippen molar-refractivity contribution in [2.24, 2.45) is 0 Å². The number of ether oxygens (including phenoxy) is 1. The van der Waals surface area contributed by atoms with E-state index in [2.05, 4.69) is 5.32 Å². The number of aliphatic hydroxyl groups is 3. The molecule has 1 aliphatic heterocycles. The lowest BCUT2D eigenvalue weighted by molar-refractivity contribution is -0.178. The first-order chi connectivity index (χ1) is 9.40. The molecule has 8 heteroatoms. The summed E-state index contributed by atoms with van der Waals surface area (Å²) < 4.78 is 5.21. The molecule has 20 heavy (non-hydrogen) atoms. The molecule has 112 valence electrons. The minimum atomic E-state index is -1.32. The molecule has 0 aliphatic carbocycles. The van der Waals surface area contributed by atoms with Gasteiger partial charge in [-0.1, -0.05) is 6.07 Å². The third-order valence-corrected chi connectivity index (χ3v) is 3.24. The number of hydrogen-bond donors (Lipinski definition) is 5. The molecule has 5 N–H and O–H groups in total. The number of hydrogen-bond acceptors (Lipinski definition) is 8. The van der Waals surface area contributed by atoms with Crippen LogP contribution in [0.15, 0.2) is 18.2 Å². The van der Waals surface area contributed by atoms with E-state index < -0.39 is 24.5 Å². The number of benzene rings is 1. The van der Waals surface area contributed by atoms with Gasteiger partial charge in [-0.05, 0) is 24.6 Å². The summed E-state index contributed by atoms with van der Waals surface area (Å²) in [7, 11) is 0. The van der Waals surface area contributed by atoms with Gasteiger partial charge in [-0.3, -0.25) is 5.21 Å². The van der Waals surface area contributed by atoms with Crippen LogP contribution in [0.2, 0.25) is 0 Å². The van der Waals surface area contributed by atoms with Gasteiger partial charge in [-0.2, -0.15) is 0 Å². The van der Waals surface area contributed by atoms with Crippen molar-refractivity contribution in [2.75, 3.05) is 17.2 Å². The lowest BCUT2D eigenvalue weighted by Gasteiger charge is -2.36. The van der Waals surface area contributed by atoms with Crippen molar-refractivity contribution in [2.45, 2.75) is 31.5 Å². The van der Waals surface area contributed by atoms with E-state index in [4.69, 9.17) is 9.94 Å². The molecular weight excluding hydrogens is 268 g/mol. The highest BCUT2D eigenvalue weighted by Gasteiger charge is 2.37. The van der Waals surface area contributed by atoms with Gasteiger partial charge >= 0.3 is 0 Å². The molecule has 2 rings (SSSR count). The maximum absolute atomic E-state index is 10.9. The van der Waals surface area contributed by atoms with Crippen LogP contribution in [0.4, 0.5) is 11.4 Å². The van der Waals surface area contributed by atoms with Crippen LogP contribution >= 0.6 is 0 Å². The fraction of sp³-hybridized carbons (Fsp3) is 0.500. The first-order valence-electron chi connectivity index (χ1n) is 6.09. The van der Waals surface area contributed by atoms with Gasteiger partial charge in [0.25, 0.3) is 0 Å². The lowest BCUT2D eigenvalue weighted by Crippen LogP contribution is -2.55. The van der Waals surface area contributed by atoms with Gasteiger partial charge in [0.1, 0.15) is 18.3 Å². The number of nitrogens with zero attached hydrogens (tertiary/aromatic N) is 1. The second-order valence-electron chi connectivity index (χ2n) is 4.72. The zero-order valence-corrected chi connectivity index (χ0v) is 10.8. The van der Waals surface area contributed by atoms with Gasteiger partial charge in [-0.25, -0.2) is 0 Å². The first kappa shape index (κ1) is 15.0. The highest BCUT2D eigenvalue weighted by molar-refractivity contribution is 5.61. The topological polar surface area (TPSA) is 128 Å². The van der Waals surface area contributed by atoms with Crippen LogP contribution in [-0.4, -0.2) is 51.7 Å². The largest absolute Gasteiger partial charge is 0.733 e. The Morgan fingerprint density at radius 3 is 2.65 bits per heavy atom. The summed E-state index contributed by atoms with van der Waals surface area (Å²) in [4.78, 5) is 0. The Balaban J connectivity index is 2.15. The zero-order chi connectivity index (χ0) is 14.9. The molecule has 0 amide bonds. The van der Waals surface area contributed by atoms with Gasteiger partial charge in [0.2, 0.25) is 0 Å². The average Bonchev–Trinajstić information content (AvgIpc) is 2.41. The van der Waals surface area contributed by atoms with Gasteiger partial charge in [0.05, 0.1) is 12.3 Å². The van der Waals surface area contributed by atoms with Crippen molar-refractivity contribution >= 4 is 11.4 Å². The molecule has 1 aromatic rings. The molecule has 4 atom stereocenters. The summed E-state index contributed by atoms with van der Waals surface area (Å²) in [5, 5.41) is 51.0. The Hall–Kier alpha value is -1.42. The van der Waals surface area contributed by atoms with Gasteiger partial charge in [0, 0.05) is 5.69 Å². The van der Waals surface area contributed by atoms with Crippen LogP contribution in [0.5, 0.6) is 0 Å². The van der Waals surface area contributed by atoms with E-state index in [1.54, 1.807) is 13.0 Å². The molecule has 1 heterocycles. The smallest absolute Gasteiger partial charge is 0.156 e. The van der Waals surface area contributed by atoms with Crippen molar-refractivity contribution in [3.05, 3.63) is 29.0 Å². The Bertz CT molecular complexity index is 469. The van der Waals surface area contributed by atoms with Crippen molar-refractivity contribution in [3.8, 4) is 0 Å². The van der Waals surface area contributed by atoms with E-state index in [1.807, 2.05) is 0 Å². The molecule has 0 radical (unpaired) electrons. The van der Waals surface area contributed by atoms with Gasteiger partial charge in [-0.15, -0.1) is 0 Å². The quantitative estimate of drug-likeness (QED) is 0.472. The SMILES string of the molecule is Cc1ccc(N([O-])O)cc1N[C@H]1OC[C@@H](O)[C@@H](O)[C@@H]1O. The second-order valence-corrected chi connectivity index (χ2v) is 4.72. The van der Waals surface area contributed by atoms with E-state index in [-0.39, 0.29) is 17.5 Å². The summed E-state index contributed by atoms with van der Waals surface area (Å²) in [6.45, 7) is 1.64. The maximum atomic E-state index is 10.9. The molecule has 0 unspecified atom stereocenters. The Kier molecular flexibility index (Phi) is 4.43. The Morgan fingerprint density at radius 2 is 2.00 bits per heavy atom. The summed E-state index contributed by atoms with van der Waals surface area (Å²) >= 11 is 0. The third kappa shape index (κ3) is 3.01. The van der Waals surface area contributed by atoms with Crippen LogP contribution < -0.4 is 10.5 Å². The zero-order valence-electron chi connectivity index (χ0n) is 10.8. The van der Waals surface area contributed by atoms with Crippen LogP contribution in [-0.2, 0) is 4.74 Å². The lowest BCUT2D eigenvalue weighted by atomic mass is 10.0. The molecular formula is C12H17N2O6-. The van der Waals surface area contributed by atoms with Gasteiger partial charge in [0.15, 0.2) is 6.23 Å². The van der Waals surface area contributed by atoms with Crippen LogP contribution in [0.25, 0.3) is 0 Å². The average molecular weight is 285 g/mol. The third-order valence-electron chi connectivity index (χ3n) is 3.24. The minimum absolute atomic E-state index is 0.0176. The fourth-order valence-electron chi connectivity index (χ4n) is 1.97. The molecule has 0 aromatic heterocycles. The summed E-state index contributed by atoms with van der Waals surface area (Å²) in [6, 6.07) is 4.43. The van der Waals surface area contributed by atoms with E-state index in [0.717, 1.165) is 5.56 Å².